The van der Waals surface area contributed by atoms with E-state index in [0.717, 1.165) is 19.4 Å². The highest BCUT2D eigenvalue weighted by molar-refractivity contribution is 5.77. The highest BCUT2D eigenvalue weighted by Crippen LogP contribution is 2.37. The van der Waals surface area contributed by atoms with Crippen LogP contribution in [0.2, 0.25) is 0 Å². The molecule has 2 aliphatic rings. The van der Waals surface area contributed by atoms with Crippen LogP contribution in [0, 0.1) is 5.41 Å². The van der Waals surface area contributed by atoms with E-state index in [1.54, 1.807) is 0 Å². The minimum Gasteiger partial charge on any atom is -0.356 e. The summed E-state index contributed by atoms with van der Waals surface area (Å²) in [5.41, 5.74) is 3.19. The number of carbonyl (C=O) groups excluding carboxylic acids is 1. The van der Waals surface area contributed by atoms with Gasteiger partial charge in [0, 0.05) is 13.0 Å². The van der Waals surface area contributed by atoms with Crippen molar-refractivity contribution in [1.82, 2.24) is 5.32 Å². The van der Waals surface area contributed by atoms with Gasteiger partial charge < -0.3 is 5.32 Å². The van der Waals surface area contributed by atoms with Gasteiger partial charge in [-0.15, -0.1) is 0 Å². The van der Waals surface area contributed by atoms with E-state index in [-0.39, 0.29) is 5.91 Å². The van der Waals surface area contributed by atoms with Crippen LogP contribution in [0.15, 0.2) is 24.3 Å². The van der Waals surface area contributed by atoms with E-state index in [1.807, 2.05) is 0 Å². The molecule has 1 saturated carbocycles. The monoisotopic (exact) mass is 271 g/mol. The van der Waals surface area contributed by atoms with Gasteiger partial charge in [-0.25, -0.2) is 0 Å². The first kappa shape index (κ1) is 13.7. The zero-order chi connectivity index (χ0) is 14.0. The number of amides is 1. The van der Waals surface area contributed by atoms with Gasteiger partial charge in [0.15, 0.2) is 0 Å². The van der Waals surface area contributed by atoms with Gasteiger partial charge in [-0.05, 0) is 48.1 Å². The van der Waals surface area contributed by atoms with Crippen molar-refractivity contribution in [1.29, 1.82) is 0 Å². The molecule has 1 unspecified atom stereocenters. The Hall–Kier alpha value is -1.31. The lowest BCUT2D eigenvalue weighted by Crippen LogP contribution is -2.34. The summed E-state index contributed by atoms with van der Waals surface area (Å²) >= 11 is 0. The third kappa shape index (κ3) is 2.89. The SMILES string of the molecule is CC1(CNC(=O)CC2CCc3ccccc32)CCCC1. The van der Waals surface area contributed by atoms with Crippen LogP contribution in [0.4, 0.5) is 0 Å². The first-order valence-corrected chi connectivity index (χ1v) is 8.01. The van der Waals surface area contributed by atoms with Gasteiger partial charge in [0.2, 0.25) is 5.91 Å². The Bertz CT molecular complexity index is 488. The van der Waals surface area contributed by atoms with Crippen molar-refractivity contribution < 1.29 is 4.79 Å². The Morgan fingerprint density at radius 1 is 1.30 bits per heavy atom. The lowest BCUT2D eigenvalue weighted by atomic mass is 9.88. The number of fused-ring (bicyclic) bond motifs is 1. The van der Waals surface area contributed by atoms with E-state index in [0.29, 0.717) is 17.8 Å². The Balaban J connectivity index is 1.53. The quantitative estimate of drug-likeness (QED) is 0.886. The molecule has 1 atom stereocenters. The molecule has 0 heterocycles. The second kappa shape index (κ2) is 5.59. The molecule has 0 aliphatic heterocycles. The molecule has 0 aromatic heterocycles. The number of hydrogen-bond acceptors (Lipinski definition) is 1. The molecule has 1 N–H and O–H groups in total. The Labute approximate surface area is 122 Å². The minimum absolute atomic E-state index is 0.236. The number of aryl methyl sites for hydroxylation is 1. The maximum Gasteiger partial charge on any atom is 0.220 e. The van der Waals surface area contributed by atoms with Crippen molar-refractivity contribution in [3.63, 3.8) is 0 Å². The van der Waals surface area contributed by atoms with Crippen LogP contribution in [0.3, 0.4) is 0 Å². The van der Waals surface area contributed by atoms with Gasteiger partial charge in [-0.1, -0.05) is 44.0 Å². The summed E-state index contributed by atoms with van der Waals surface area (Å²) < 4.78 is 0. The van der Waals surface area contributed by atoms with Gasteiger partial charge in [-0.2, -0.15) is 0 Å². The Morgan fingerprint density at radius 3 is 2.85 bits per heavy atom. The molecule has 20 heavy (non-hydrogen) atoms. The van der Waals surface area contributed by atoms with Crippen LogP contribution in [-0.4, -0.2) is 12.5 Å². The van der Waals surface area contributed by atoms with Gasteiger partial charge in [-0.3, -0.25) is 4.79 Å². The van der Waals surface area contributed by atoms with E-state index in [9.17, 15) is 4.79 Å². The van der Waals surface area contributed by atoms with E-state index in [1.165, 1.54) is 36.8 Å². The number of nitrogens with one attached hydrogen (secondary N) is 1. The first-order chi connectivity index (χ1) is 9.66. The molecule has 1 amide bonds. The van der Waals surface area contributed by atoms with Gasteiger partial charge in [0.05, 0.1) is 0 Å². The third-order valence-corrected chi connectivity index (χ3v) is 5.21. The summed E-state index contributed by atoms with van der Waals surface area (Å²) in [5, 5.41) is 3.18. The second-order valence-electron chi connectivity index (χ2n) is 6.93. The normalized spacial score (nSPS) is 23.6. The third-order valence-electron chi connectivity index (χ3n) is 5.21. The average Bonchev–Trinajstić information content (AvgIpc) is 3.05. The topological polar surface area (TPSA) is 29.1 Å². The maximum absolute atomic E-state index is 12.2. The molecule has 2 aliphatic carbocycles. The lowest BCUT2D eigenvalue weighted by Gasteiger charge is -2.24. The van der Waals surface area contributed by atoms with Gasteiger partial charge in [0.25, 0.3) is 0 Å². The zero-order valence-corrected chi connectivity index (χ0v) is 12.5. The molecule has 0 saturated heterocycles. The first-order valence-electron chi connectivity index (χ1n) is 8.01. The van der Waals surface area contributed by atoms with E-state index < -0.39 is 0 Å². The second-order valence-corrected chi connectivity index (χ2v) is 6.93. The summed E-state index contributed by atoms with van der Waals surface area (Å²) in [4.78, 5) is 12.2. The molecule has 2 nitrogen and oxygen atoms in total. The predicted octanol–water partition coefficient (Wildman–Crippen LogP) is 3.80. The van der Waals surface area contributed by atoms with Crippen LogP contribution in [0.25, 0.3) is 0 Å². The maximum atomic E-state index is 12.2. The lowest BCUT2D eigenvalue weighted by molar-refractivity contribution is -0.121. The average molecular weight is 271 g/mol. The molecule has 0 radical (unpaired) electrons. The summed E-state index contributed by atoms with van der Waals surface area (Å²) in [7, 11) is 0. The molecule has 1 aromatic rings. The molecule has 2 heteroatoms. The molecule has 1 aromatic carbocycles. The Kier molecular flexibility index (Phi) is 3.82. The van der Waals surface area contributed by atoms with Crippen molar-refractivity contribution in [3.8, 4) is 0 Å². The predicted molar refractivity (Wildman–Crippen MR) is 81.7 cm³/mol. The van der Waals surface area contributed by atoms with E-state index >= 15 is 0 Å². The standard InChI is InChI=1S/C18H25NO/c1-18(10-4-5-11-18)13-19-17(20)12-15-9-8-14-6-2-3-7-16(14)15/h2-3,6-7,15H,4-5,8-13H2,1H3,(H,19,20). The molecule has 3 rings (SSSR count). The smallest absolute Gasteiger partial charge is 0.220 e. The van der Waals surface area contributed by atoms with Gasteiger partial charge >= 0.3 is 0 Å². The van der Waals surface area contributed by atoms with E-state index in [2.05, 4.69) is 36.5 Å². The van der Waals surface area contributed by atoms with Crippen LogP contribution >= 0.6 is 0 Å². The summed E-state index contributed by atoms with van der Waals surface area (Å²) in [6.45, 7) is 3.17. The van der Waals surface area contributed by atoms with Crippen LogP contribution in [-0.2, 0) is 11.2 Å². The minimum atomic E-state index is 0.236. The number of carbonyl (C=O) groups is 1. The zero-order valence-electron chi connectivity index (χ0n) is 12.5. The molecule has 108 valence electrons. The highest BCUT2D eigenvalue weighted by Gasteiger charge is 2.30. The summed E-state index contributed by atoms with van der Waals surface area (Å²) in [5.74, 6) is 0.669. The van der Waals surface area contributed by atoms with Crippen molar-refractivity contribution >= 4 is 5.91 Å². The van der Waals surface area contributed by atoms with Crippen molar-refractivity contribution in [2.75, 3.05) is 6.54 Å². The largest absolute Gasteiger partial charge is 0.356 e. The summed E-state index contributed by atoms with van der Waals surface area (Å²) in [6, 6.07) is 8.59. The van der Waals surface area contributed by atoms with Crippen molar-refractivity contribution in [2.24, 2.45) is 5.41 Å². The molecule has 1 fully saturated rings. The van der Waals surface area contributed by atoms with Gasteiger partial charge in [0.1, 0.15) is 0 Å². The number of rotatable bonds is 4. The van der Waals surface area contributed by atoms with Crippen molar-refractivity contribution in [2.45, 2.75) is 57.8 Å². The summed E-state index contributed by atoms with van der Waals surface area (Å²) in [6.07, 6.45) is 8.09. The fraction of sp³-hybridized carbons (Fsp3) is 0.611. The molecular formula is C18H25NO. The number of hydrogen-bond donors (Lipinski definition) is 1. The molecular weight excluding hydrogens is 246 g/mol. The fourth-order valence-electron chi connectivity index (χ4n) is 3.87. The van der Waals surface area contributed by atoms with Crippen molar-refractivity contribution in [3.05, 3.63) is 35.4 Å². The van der Waals surface area contributed by atoms with Crippen LogP contribution in [0.1, 0.15) is 62.5 Å². The molecule has 0 bridgehead atoms. The number of benzene rings is 1. The Morgan fingerprint density at radius 2 is 2.05 bits per heavy atom. The van der Waals surface area contributed by atoms with E-state index in [4.69, 9.17) is 0 Å². The van der Waals surface area contributed by atoms with Crippen LogP contribution < -0.4 is 5.32 Å². The molecule has 0 spiro atoms. The fourth-order valence-corrected chi connectivity index (χ4v) is 3.87. The highest BCUT2D eigenvalue weighted by atomic mass is 16.1. The van der Waals surface area contributed by atoms with Crippen LogP contribution in [0.5, 0.6) is 0 Å².